The van der Waals surface area contributed by atoms with Crippen LogP contribution in [0.15, 0.2) is 30.5 Å². The summed E-state index contributed by atoms with van der Waals surface area (Å²) in [5, 5.41) is 2.92. The molecule has 4 rings (SSSR count). The molecule has 2 aliphatic heterocycles. The van der Waals surface area contributed by atoms with Crippen molar-refractivity contribution in [2.24, 2.45) is 5.41 Å². The molecule has 2 saturated heterocycles. The summed E-state index contributed by atoms with van der Waals surface area (Å²) in [4.78, 5) is 24.3. The van der Waals surface area contributed by atoms with Crippen LogP contribution in [0.5, 0.6) is 0 Å². The van der Waals surface area contributed by atoms with Gasteiger partial charge in [0.2, 0.25) is 0 Å². The summed E-state index contributed by atoms with van der Waals surface area (Å²) < 4.78 is 18.8. The number of nitrogens with one attached hydrogen (secondary N) is 1. The minimum absolute atomic E-state index is 0.00508. The molecule has 1 aromatic heterocycles. The number of anilines is 3. The Morgan fingerprint density at radius 3 is 2.53 bits per heavy atom. The Labute approximate surface area is 176 Å². The normalized spacial score (nSPS) is 18.9. The fraction of sp³-hybridized carbons (Fsp3) is 0.500. The van der Waals surface area contributed by atoms with E-state index in [-0.39, 0.29) is 5.69 Å². The fourth-order valence-electron chi connectivity index (χ4n) is 3.91. The molecule has 0 spiro atoms. The molecule has 7 nitrogen and oxygen atoms in total. The molecule has 0 atom stereocenters. The predicted octanol–water partition coefficient (Wildman–Crippen LogP) is 3.33. The van der Waals surface area contributed by atoms with Crippen LogP contribution in [0.2, 0.25) is 0 Å². The molecule has 0 radical (unpaired) electrons. The van der Waals surface area contributed by atoms with Crippen molar-refractivity contribution in [2.75, 3.05) is 54.5 Å². The predicted molar refractivity (Wildman–Crippen MR) is 115 cm³/mol. The highest BCUT2D eigenvalue weighted by molar-refractivity contribution is 6.04. The van der Waals surface area contributed by atoms with Gasteiger partial charge in [0.15, 0.2) is 0 Å². The second-order valence-corrected chi connectivity index (χ2v) is 8.62. The van der Waals surface area contributed by atoms with Crippen molar-refractivity contribution in [3.05, 3.63) is 42.2 Å². The molecule has 2 aromatic rings. The van der Waals surface area contributed by atoms with Gasteiger partial charge in [0.25, 0.3) is 5.91 Å². The van der Waals surface area contributed by atoms with Gasteiger partial charge in [0.05, 0.1) is 24.6 Å². The maximum Gasteiger partial charge on any atom is 0.309 e. The van der Waals surface area contributed by atoms with E-state index in [9.17, 15) is 9.18 Å². The van der Waals surface area contributed by atoms with E-state index < -0.39 is 12.0 Å². The molecule has 0 saturated carbocycles. The van der Waals surface area contributed by atoms with E-state index in [1.54, 1.807) is 0 Å². The molecule has 2 fully saturated rings. The quantitative estimate of drug-likeness (QED) is 0.776. The first-order valence-corrected chi connectivity index (χ1v) is 10.4. The number of morpholine rings is 1. The Hall–Kier alpha value is -2.74. The average molecular weight is 413 g/mol. The summed E-state index contributed by atoms with van der Waals surface area (Å²) >= 11 is 0. The van der Waals surface area contributed by atoms with Crippen LogP contribution in [0.3, 0.4) is 0 Å². The molecule has 160 valence electrons. The second-order valence-electron chi connectivity index (χ2n) is 8.62. The van der Waals surface area contributed by atoms with Gasteiger partial charge in [-0.3, -0.25) is 4.79 Å². The lowest BCUT2D eigenvalue weighted by Gasteiger charge is -2.39. The van der Waals surface area contributed by atoms with Gasteiger partial charge < -0.3 is 19.9 Å². The van der Waals surface area contributed by atoms with Crippen molar-refractivity contribution in [1.29, 1.82) is 0 Å². The smallest absolute Gasteiger partial charge is 0.309 e. The molecule has 0 bridgehead atoms. The summed E-state index contributed by atoms with van der Waals surface area (Å²) in [6, 6.07) is 7.48. The van der Waals surface area contributed by atoms with Crippen molar-refractivity contribution in [3.8, 4) is 0 Å². The summed E-state index contributed by atoms with van der Waals surface area (Å²) in [6.45, 7) is 9.55. The molecule has 1 N–H and O–H groups in total. The van der Waals surface area contributed by atoms with Crippen LogP contribution in [0, 0.1) is 11.5 Å². The third-order valence-corrected chi connectivity index (χ3v) is 5.92. The Bertz CT molecular complexity index is 904. The van der Waals surface area contributed by atoms with Gasteiger partial charge in [-0.1, -0.05) is 13.8 Å². The minimum atomic E-state index is -0.913. The Balaban J connectivity index is 1.62. The topological polar surface area (TPSA) is 70.6 Å². The molecule has 8 heteroatoms. The zero-order chi connectivity index (χ0) is 21.1. The zero-order valence-electron chi connectivity index (χ0n) is 17.5. The third kappa shape index (κ3) is 4.70. The molecule has 0 unspecified atom stereocenters. The number of nitrogens with zero attached hydrogens (tertiary/aromatic N) is 4. The largest absolute Gasteiger partial charge is 0.378 e. The highest BCUT2D eigenvalue weighted by atomic mass is 19.1. The number of carbonyl (C=O) groups is 1. The maximum atomic E-state index is 13.3. The Morgan fingerprint density at radius 2 is 1.83 bits per heavy atom. The van der Waals surface area contributed by atoms with Crippen LogP contribution in [0.4, 0.5) is 21.5 Å². The number of carbonyl (C=O) groups excluding carboxylic acids is 1. The molecular formula is C22H28FN5O2. The lowest BCUT2D eigenvalue weighted by atomic mass is 9.82. The number of benzene rings is 1. The number of hydrogen-bond donors (Lipinski definition) is 1. The minimum Gasteiger partial charge on any atom is -0.378 e. The van der Waals surface area contributed by atoms with E-state index in [0.29, 0.717) is 24.3 Å². The van der Waals surface area contributed by atoms with E-state index in [1.807, 2.05) is 12.1 Å². The SMILES string of the molecule is CC1(C)CCN(c2cc(N3CCOCC3)ccc2NC(=O)c2ccnc(F)n2)CC1. The molecule has 30 heavy (non-hydrogen) atoms. The number of hydrogen-bond acceptors (Lipinski definition) is 6. The Morgan fingerprint density at radius 1 is 1.10 bits per heavy atom. The van der Waals surface area contributed by atoms with Crippen molar-refractivity contribution in [2.45, 2.75) is 26.7 Å². The first kappa shape index (κ1) is 20.5. The first-order chi connectivity index (χ1) is 14.4. The summed E-state index contributed by atoms with van der Waals surface area (Å²) in [6.07, 6.45) is 2.49. The van der Waals surface area contributed by atoms with Gasteiger partial charge in [-0.25, -0.2) is 4.98 Å². The van der Waals surface area contributed by atoms with Gasteiger partial charge in [-0.2, -0.15) is 9.37 Å². The van der Waals surface area contributed by atoms with Crippen LogP contribution in [0.1, 0.15) is 37.2 Å². The van der Waals surface area contributed by atoms with E-state index in [1.165, 1.54) is 12.3 Å². The van der Waals surface area contributed by atoms with Gasteiger partial charge in [0.1, 0.15) is 5.69 Å². The number of piperidine rings is 1. The molecule has 1 aromatic carbocycles. The molecule has 0 aliphatic carbocycles. The highest BCUT2D eigenvalue weighted by Crippen LogP contribution is 2.37. The fourth-order valence-corrected chi connectivity index (χ4v) is 3.91. The van der Waals surface area contributed by atoms with Gasteiger partial charge in [-0.15, -0.1) is 0 Å². The van der Waals surface area contributed by atoms with Crippen molar-refractivity contribution >= 4 is 23.0 Å². The zero-order valence-corrected chi connectivity index (χ0v) is 17.5. The van der Waals surface area contributed by atoms with Gasteiger partial charge in [-0.05, 0) is 42.5 Å². The number of aromatic nitrogens is 2. The van der Waals surface area contributed by atoms with E-state index in [4.69, 9.17) is 4.74 Å². The molecule has 2 aliphatic rings. The number of ether oxygens (including phenoxy) is 1. The standard InChI is InChI=1S/C22H28FN5O2/c1-22(2)6-9-28(10-7-22)19-15-16(27-11-13-30-14-12-27)3-4-17(19)25-20(29)18-5-8-24-21(23)26-18/h3-5,8,15H,6-7,9-14H2,1-2H3,(H,25,29). The van der Waals surface area contributed by atoms with Crippen LogP contribution >= 0.6 is 0 Å². The summed E-state index contributed by atoms with van der Waals surface area (Å²) in [5.74, 6) is -0.450. The maximum absolute atomic E-state index is 13.3. The van der Waals surface area contributed by atoms with Crippen LogP contribution in [-0.4, -0.2) is 55.3 Å². The van der Waals surface area contributed by atoms with E-state index in [0.717, 1.165) is 50.4 Å². The first-order valence-electron chi connectivity index (χ1n) is 10.4. The molecular weight excluding hydrogens is 385 g/mol. The third-order valence-electron chi connectivity index (χ3n) is 5.92. The van der Waals surface area contributed by atoms with E-state index in [2.05, 4.69) is 45.0 Å². The highest BCUT2D eigenvalue weighted by Gasteiger charge is 2.27. The molecule has 1 amide bonds. The van der Waals surface area contributed by atoms with Crippen molar-refractivity contribution < 1.29 is 13.9 Å². The van der Waals surface area contributed by atoms with Gasteiger partial charge in [0, 0.05) is 38.1 Å². The Kier molecular flexibility index (Phi) is 5.85. The van der Waals surface area contributed by atoms with Crippen LogP contribution < -0.4 is 15.1 Å². The monoisotopic (exact) mass is 413 g/mol. The number of rotatable bonds is 4. The van der Waals surface area contributed by atoms with E-state index >= 15 is 0 Å². The lowest BCUT2D eigenvalue weighted by molar-refractivity contribution is 0.102. The van der Waals surface area contributed by atoms with Crippen molar-refractivity contribution in [1.82, 2.24) is 9.97 Å². The number of halogens is 1. The van der Waals surface area contributed by atoms with Crippen LogP contribution in [-0.2, 0) is 4.74 Å². The second kappa shape index (κ2) is 8.55. The molecule has 3 heterocycles. The summed E-state index contributed by atoms with van der Waals surface area (Å²) in [7, 11) is 0. The lowest BCUT2D eigenvalue weighted by Crippen LogP contribution is -2.38. The average Bonchev–Trinajstić information content (AvgIpc) is 2.75. The van der Waals surface area contributed by atoms with Crippen LogP contribution in [0.25, 0.3) is 0 Å². The summed E-state index contributed by atoms with van der Waals surface area (Å²) in [5.41, 5.74) is 3.13. The van der Waals surface area contributed by atoms with Gasteiger partial charge >= 0.3 is 6.08 Å². The number of amides is 1. The van der Waals surface area contributed by atoms with Crippen molar-refractivity contribution in [3.63, 3.8) is 0 Å².